The Morgan fingerprint density at radius 1 is 1.34 bits per heavy atom. The number of benzene rings is 1. The van der Waals surface area contributed by atoms with E-state index in [1.807, 2.05) is 27.7 Å². The summed E-state index contributed by atoms with van der Waals surface area (Å²) in [5.74, 6) is -0.920. The summed E-state index contributed by atoms with van der Waals surface area (Å²) < 4.78 is 51.2. The van der Waals surface area contributed by atoms with E-state index in [9.17, 15) is 22.8 Å². The van der Waals surface area contributed by atoms with Gasteiger partial charge in [-0.25, -0.2) is 0 Å². The minimum Gasteiger partial charge on any atom is -0.487 e. The van der Waals surface area contributed by atoms with Gasteiger partial charge in [0.05, 0.1) is 24.3 Å². The zero-order chi connectivity index (χ0) is 28.0. The highest BCUT2D eigenvalue weighted by Crippen LogP contribution is 2.47. The number of carbonyl (C=O) groups excluding carboxylic acids is 2. The van der Waals surface area contributed by atoms with Gasteiger partial charge in [0.2, 0.25) is 11.8 Å². The fourth-order valence-corrected chi connectivity index (χ4v) is 5.37. The van der Waals surface area contributed by atoms with Gasteiger partial charge in [-0.15, -0.1) is 0 Å². The van der Waals surface area contributed by atoms with Gasteiger partial charge in [0.15, 0.2) is 5.96 Å². The van der Waals surface area contributed by atoms with Crippen molar-refractivity contribution in [2.45, 2.75) is 76.4 Å². The van der Waals surface area contributed by atoms with E-state index in [1.165, 1.54) is 11.0 Å². The topological polar surface area (TPSA) is 104 Å². The molecule has 8 nitrogen and oxygen atoms in total. The SMILES string of the molecule is COC/C=C/C([C@@H]1C[C@H]1C(=O)NC1CC(C)(C)Oc2ccc(C(F)(F)F)cc21)N1C(=N)NC(C)(C)CC1=O. The van der Waals surface area contributed by atoms with E-state index in [0.29, 0.717) is 30.8 Å². The average Bonchev–Trinajstić information content (AvgIpc) is 3.56. The molecule has 38 heavy (non-hydrogen) atoms. The normalized spacial score (nSPS) is 26.8. The number of rotatable bonds is 7. The minimum atomic E-state index is -4.52. The number of halogens is 3. The molecule has 0 spiro atoms. The molecule has 4 atom stereocenters. The fraction of sp³-hybridized carbons (Fsp3) is 0.593. The fourth-order valence-electron chi connectivity index (χ4n) is 5.37. The van der Waals surface area contributed by atoms with Gasteiger partial charge < -0.3 is 20.1 Å². The molecule has 2 unspecified atom stereocenters. The van der Waals surface area contributed by atoms with E-state index < -0.39 is 40.9 Å². The number of alkyl halides is 3. The van der Waals surface area contributed by atoms with Crippen LogP contribution in [0.3, 0.4) is 0 Å². The van der Waals surface area contributed by atoms with Crippen LogP contribution in [0.25, 0.3) is 0 Å². The predicted octanol–water partition coefficient (Wildman–Crippen LogP) is 4.17. The van der Waals surface area contributed by atoms with E-state index in [0.717, 1.165) is 12.1 Å². The Labute approximate surface area is 220 Å². The number of hydrogen-bond donors (Lipinski definition) is 3. The molecule has 0 radical (unpaired) electrons. The van der Waals surface area contributed by atoms with Crippen molar-refractivity contribution in [3.8, 4) is 5.75 Å². The van der Waals surface area contributed by atoms with Crippen molar-refractivity contribution >= 4 is 17.8 Å². The zero-order valence-electron chi connectivity index (χ0n) is 22.2. The highest BCUT2D eigenvalue weighted by molar-refractivity contribution is 6.00. The number of guanidine groups is 1. The molecule has 208 valence electrons. The molecule has 4 rings (SSSR count). The van der Waals surface area contributed by atoms with E-state index in [-0.39, 0.29) is 30.1 Å². The first kappa shape index (κ1) is 27.9. The lowest BCUT2D eigenvalue weighted by molar-refractivity contribution is -0.137. The van der Waals surface area contributed by atoms with Crippen LogP contribution in [0.4, 0.5) is 13.2 Å². The molecule has 3 aliphatic rings. The van der Waals surface area contributed by atoms with Gasteiger partial charge in [-0.2, -0.15) is 13.2 Å². The summed E-state index contributed by atoms with van der Waals surface area (Å²) in [5.41, 5.74) is -1.75. The third-order valence-corrected chi connectivity index (χ3v) is 7.18. The third kappa shape index (κ3) is 5.98. The smallest absolute Gasteiger partial charge is 0.416 e. The largest absolute Gasteiger partial charge is 0.487 e. The molecule has 1 aromatic rings. The first-order valence-electron chi connectivity index (χ1n) is 12.7. The zero-order valence-corrected chi connectivity index (χ0v) is 22.2. The van der Waals surface area contributed by atoms with Crippen LogP contribution in [0.5, 0.6) is 5.75 Å². The van der Waals surface area contributed by atoms with Crippen LogP contribution >= 0.6 is 0 Å². The number of hydrogen-bond acceptors (Lipinski definition) is 5. The Kier molecular flexibility index (Phi) is 7.28. The molecule has 2 heterocycles. The summed E-state index contributed by atoms with van der Waals surface area (Å²) in [7, 11) is 1.54. The Morgan fingerprint density at radius 3 is 2.68 bits per heavy atom. The number of ether oxygens (including phenoxy) is 2. The van der Waals surface area contributed by atoms with Gasteiger partial charge in [0.25, 0.3) is 0 Å². The lowest BCUT2D eigenvalue weighted by atomic mass is 9.88. The van der Waals surface area contributed by atoms with Gasteiger partial charge in [0, 0.05) is 37.0 Å². The van der Waals surface area contributed by atoms with Gasteiger partial charge in [-0.1, -0.05) is 12.2 Å². The van der Waals surface area contributed by atoms with E-state index in [1.54, 1.807) is 19.3 Å². The molecule has 2 fully saturated rings. The van der Waals surface area contributed by atoms with Crippen molar-refractivity contribution < 1.29 is 32.2 Å². The summed E-state index contributed by atoms with van der Waals surface area (Å²) in [6.07, 6.45) is 0.00767. The standard InChI is InChI=1S/C27H35F3N4O4/c1-25(2)14-22(35)34(24(31)33-25)20(7-6-10-37-5)16-12-17(16)23(36)32-19-13-26(3,4)38-21-9-8-15(11-18(19)21)27(28,29)30/h6-9,11,16-17,19-20H,10,12-14H2,1-5H3,(H2,31,33)(H,32,36)/b7-6+/t16-,17-,19?,20?/m1/s1. The van der Waals surface area contributed by atoms with Crippen LogP contribution < -0.4 is 15.4 Å². The second-order valence-electron chi connectivity index (χ2n) is 11.6. The minimum absolute atomic E-state index is 0.0239. The highest BCUT2D eigenvalue weighted by atomic mass is 19.4. The highest BCUT2D eigenvalue weighted by Gasteiger charge is 2.52. The molecular weight excluding hydrogens is 501 g/mol. The average molecular weight is 537 g/mol. The van der Waals surface area contributed by atoms with Crippen LogP contribution in [0.2, 0.25) is 0 Å². The van der Waals surface area contributed by atoms with Crippen LogP contribution in [-0.4, -0.2) is 53.6 Å². The molecule has 0 aromatic heterocycles. The lowest BCUT2D eigenvalue weighted by Gasteiger charge is -2.41. The first-order valence-corrected chi connectivity index (χ1v) is 12.7. The van der Waals surface area contributed by atoms with Gasteiger partial charge in [-0.05, 0) is 58.2 Å². The second kappa shape index (κ2) is 9.91. The molecule has 2 aliphatic heterocycles. The maximum absolute atomic E-state index is 13.4. The van der Waals surface area contributed by atoms with Gasteiger partial charge >= 0.3 is 6.18 Å². The van der Waals surface area contributed by atoms with Crippen molar-refractivity contribution in [2.24, 2.45) is 11.8 Å². The predicted molar refractivity (Wildman–Crippen MR) is 134 cm³/mol. The number of carbonyl (C=O) groups is 2. The molecule has 2 amide bonds. The number of fused-ring (bicyclic) bond motifs is 1. The van der Waals surface area contributed by atoms with E-state index >= 15 is 0 Å². The van der Waals surface area contributed by atoms with Crippen molar-refractivity contribution in [3.05, 3.63) is 41.5 Å². The molecule has 3 N–H and O–H groups in total. The maximum Gasteiger partial charge on any atom is 0.416 e. The summed E-state index contributed by atoms with van der Waals surface area (Å²) >= 11 is 0. The van der Waals surface area contributed by atoms with E-state index in [2.05, 4.69) is 10.6 Å². The summed E-state index contributed by atoms with van der Waals surface area (Å²) in [5, 5.41) is 14.5. The number of nitrogens with zero attached hydrogens (tertiary/aromatic N) is 1. The molecule has 1 saturated carbocycles. The van der Waals surface area contributed by atoms with Crippen LogP contribution in [0.15, 0.2) is 30.4 Å². The van der Waals surface area contributed by atoms with Crippen molar-refractivity contribution in [1.82, 2.24) is 15.5 Å². The molecular formula is C27H35F3N4O4. The van der Waals surface area contributed by atoms with Crippen LogP contribution in [0, 0.1) is 17.2 Å². The second-order valence-corrected chi connectivity index (χ2v) is 11.6. The van der Waals surface area contributed by atoms with Crippen molar-refractivity contribution in [2.75, 3.05) is 13.7 Å². The quantitative estimate of drug-likeness (QED) is 0.454. The monoisotopic (exact) mass is 536 g/mol. The lowest BCUT2D eigenvalue weighted by Crippen LogP contribution is -2.62. The Hall–Kier alpha value is -3.08. The first-order chi connectivity index (χ1) is 17.6. The summed E-state index contributed by atoms with van der Waals surface area (Å²) in [4.78, 5) is 27.8. The van der Waals surface area contributed by atoms with Crippen LogP contribution in [0.1, 0.15) is 64.1 Å². The van der Waals surface area contributed by atoms with Crippen LogP contribution in [-0.2, 0) is 20.5 Å². The molecule has 1 aliphatic carbocycles. The number of amides is 2. The van der Waals surface area contributed by atoms with Gasteiger partial charge in [0.1, 0.15) is 11.4 Å². The Balaban J connectivity index is 1.54. The summed E-state index contributed by atoms with van der Waals surface area (Å²) in [6, 6.07) is 2.13. The third-order valence-electron chi connectivity index (χ3n) is 7.18. The molecule has 11 heteroatoms. The maximum atomic E-state index is 13.4. The number of nitrogens with one attached hydrogen (secondary N) is 3. The Morgan fingerprint density at radius 2 is 2.05 bits per heavy atom. The van der Waals surface area contributed by atoms with Crippen molar-refractivity contribution in [1.29, 1.82) is 5.41 Å². The Bertz CT molecular complexity index is 1130. The molecule has 1 aromatic carbocycles. The molecule has 0 bridgehead atoms. The van der Waals surface area contributed by atoms with Gasteiger partial charge in [-0.3, -0.25) is 19.9 Å². The van der Waals surface area contributed by atoms with Crippen molar-refractivity contribution in [3.63, 3.8) is 0 Å². The number of methoxy groups -OCH3 is 1. The summed E-state index contributed by atoms with van der Waals surface area (Å²) in [6.45, 7) is 7.65. The van der Waals surface area contributed by atoms with E-state index in [4.69, 9.17) is 14.9 Å². The molecule has 1 saturated heterocycles.